The molecular formula is C22H35N5O2S. The lowest BCUT2D eigenvalue weighted by atomic mass is 9.90. The molecule has 0 bridgehead atoms. The summed E-state index contributed by atoms with van der Waals surface area (Å²) in [4.78, 5) is 40.0. The molecule has 1 atom stereocenters. The number of aromatic nitrogens is 1. The van der Waals surface area contributed by atoms with Crippen LogP contribution in [0.4, 0.5) is 5.13 Å². The number of rotatable bonds is 5. The molecule has 30 heavy (non-hydrogen) atoms. The molecule has 2 aliphatic heterocycles. The maximum atomic E-state index is 13.1. The summed E-state index contributed by atoms with van der Waals surface area (Å²) < 4.78 is 0. The van der Waals surface area contributed by atoms with E-state index in [1.165, 1.54) is 17.0 Å². The minimum absolute atomic E-state index is 0.113. The van der Waals surface area contributed by atoms with Gasteiger partial charge in [0.1, 0.15) is 0 Å². The highest BCUT2D eigenvalue weighted by atomic mass is 32.1. The van der Waals surface area contributed by atoms with Crippen molar-refractivity contribution in [3.8, 4) is 0 Å². The average Bonchev–Trinajstić information content (AvgIpc) is 3.22. The first kappa shape index (κ1) is 21.6. The summed E-state index contributed by atoms with van der Waals surface area (Å²) in [5.41, 5.74) is 1.19. The van der Waals surface area contributed by atoms with Crippen LogP contribution in [0.15, 0.2) is 0 Å². The van der Waals surface area contributed by atoms with E-state index in [1.807, 2.05) is 11.8 Å². The molecule has 0 aromatic carbocycles. The van der Waals surface area contributed by atoms with Gasteiger partial charge < -0.3 is 14.7 Å². The average molecular weight is 434 g/mol. The summed E-state index contributed by atoms with van der Waals surface area (Å²) >= 11 is 1.76. The van der Waals surface area contributed by atoms with Crippen LogP contribution in [-0.2, 0) is 22.4 Å². The van der Waals surface area contributed by atoms with Crippen LogP contribution < -0.4 is 4.90 Å². The molecule has 166 valence electrons. The van der Waals surface area contributed by atoms with E-state index in [-0.39, 0.29) is 11.8 Å². The number of anilines is 1. The van der Waals surface area contributed by atoms with Gasteiger partial charge in [-0.15, -0.1) is 11.3 Å². The number of fused-ring (bicyclic) bond motifs is 1. The van der Waals surface area contributed by atoms with Gasteiger partial charge in [-0.2, -0.15) is 0 Å². The quantitative estimate of drug-likeness (QED) is 0.709. The largest absolute Gasteiger partial charge is 0.345 e. The van der Waals surface area contributed by atoms with E-state index in [4.69, 9.17) is 4.98 Å². The van der Waals surface area contributed by atoms with Crippen molar-refractivity contribution < 1.29 is 9.59 Å². The Hall–Kier alpha value is -1.67. The summed E-state index contributed by atoms with van der Waals surface area (Å²) in [6, 6.07) is 0. The van der Waals surface area contributed by atoms with Gasteiger partial charge in [0, 0.05) is 69.6 Å². The summed E-state index contributed by atoms with van der Waals surface area (Å²) in [6.45, 7) is 12.3. The zero-order chi connectivity index (χ0) is 21.1. The Morgan fingerprint density at radius 3 is 2.37 bits per heavy atom. The maximum absolute atomic E-state index is 13.1. The SMILES string of the molecule is CCCN1CCN(C(=O)[C@H]2CCc3nc(N4CCN(C(=O)CC)CC4)sc3C2)CC1. The smallest absolute Gasteiger partial charge is 0.226 e. The molecule has 2 fully saturated rings. The molecule has 1 aromatic rings. The Balaban J connectivity index is 1.32. The van der Waals surface area contributed by atoms with E-state index in [2.05, 4.69) is 21.6 Å². The van der Waals surface area contributed by atoms with Crippen molar-refractivity contribution in [2.75, 3.05) is 63.8 Å². The van der Waals surface area contributed by atoms with Crippen molar-refractivity contribution in [2.45, 2.75) is 46.0 Å². The van der Waals surface area contributed by atoms with E-state index in [9.17, 15) is 9.59 Å². The van der Waals surface area contributed by atoms with Crippen LogP contribution in [0.5, 0.6) is 0 Å². The van der Waals surface area contributed by atoms with E-state index >= 15 is 0 Å². The van der Waals surface area contributed by atoms with E-state index in [0.29, 0.717) is 12.3 Å². The fraction of sp³-hybridized carbons (Fsp3) is 0.773. The second kappa shape index (κ2) is 9.64. The molecular weight excluding hydrogens is 398 g/mol. The molecule has 3 heterocycles. The number of carbonyl (C=O) groups is 2. The lowest BCUT2D eigenvalue weighted by Crippen LogP contribution is -2.50. The van der Waals surface area contributed by atoms with Gasteiger partial charge in [0.05, 0.1) is 5.69 Å². The molecule has 2 amide bonds. The molecule has 0 unspecified atom stereocenters. The number of carbonyl (C=O) groups excluding carboxylic acids is 2. The molecule has 7 nitrogen and oxygen atoms in total. The topological polar surface area (TPSA) is 60.0 Å². The van der Waals surface area contributed by atoms with Crippen molar-refractivity contribution in [1.82, 2.24) is 19.7 Å². The normalized spacial score (nSPS) is 22.9. The van der Waals surface area contributed by atoms with Crippen molar-refractivity contribution in [1.29, 1.82) is 0 Å². The Morgan fingerprint density at radius 1 is 1.00 bits per heavy atom. The summed E-state index contributed by atoms with van der Waals surface area (Å²) in [5.74, 6) is 0.700. The van der Waals surface area contributed by atoms with Gasteiger partial charge in [0.2, 0.25) is 11.8 Å². The number of amides is 2. The van der Waals surface area contributed by atoms with Gasteiger partial charge in [-0.05, 0) is 32.2 Å². The van der Waals surface area contributed by atoms with Crippen LogP contribution in [0.2, 0.25) is 0 Å². The van der Waals surface area contributed by atoms with Crippen LogP contribution in [0.25, 0.3) is 0 Å². The van der Waals surface area contributed by atoms with E-state index < -0.39 is 0 Å². The monoisotopic (exact) mass is 433 g/mol. The van der Waals surface area contributed by atoms with Crippen molar-refractivity contribution in [3.05, 3.63) is 10.6 Å². The highest BCUT2D eigenvalue weighted by molar-refractivity contribution is 7.15. The van der Waals surface area contributed by atoms with E-state index in [1.54, 1.807) is 11.3 Å². The van der Waals surface area contributed by atoms with Gasteiger partial charge in [0.25, 0.3) is 0 Å². The number of thiazole rings is 1. The zero-order valence-corrected chi connectivity index (χ0v) is 19.3. The fourth-order valence-electron chi connectivity index (χ4n) is 4.84. The van der Waals surface area contributed by atoms with Gasteiger partial charge in [-0.1, -0.05) is 13.8 Å². The van der Waals surface area contributed by atoms with Crippen LogP contribution in [-0.4, -0.2) is 90.4 Å². The minimum atomic E-state index is 0.113. The molecule has 1 aliphatic carbocycles. The third-order valence-corrected chi connectivity index (χ3v) is 7.89. The first-order valence-corrected chi connectivity index (χ1v) is 12.4. The van der Waals surface area contributed by atoms with Gasteiger partial charge >= 0.3 is 0 Å². The maximum Gasteiger partial charge on any atom is 0.226 e. The van der Waals surface area contributed by atoms with E-state index in [0.717, 1.165) is 83.3 Å². The third kappa shape index (κ3) is 4.64. The summed E-state index contributed by atoms with van der Waals surface area (Å²) in [6.07, 6.45) is 4.43. The first-order chi connectivity index (χ1) is 14.6. The molecule has 8 heteroatoms. The Morgan fingerprint density at radius 2 is 1.70 bits per heavy atom. The number of hydrogen-bond acceptors (Lipinski definition) is 6. The van der Waals surface area contributed by atoms with Crippen molar-refractivity contribution >= 4 is 28.3 Å². The summed E-state index contributed by atoms with van der Waals surface area (Å²) in [5, 5.41) is 1.07. The van der Waals surface area contributed by atoms with Gasteiger partial charge in [-0.3, -0.25) is 14.5 Å². The molecule has 0 saturated carbocycles. The Bertz CT molecular complexity index is 751. The van der Waals surface area contributed by atoms with Gasteiger partial charge in [0.15, 0.2) is 5.13 Å². The molecule has 1 aromatic heterocycles. The van der Waals surface area contributed by atoms with Crippen LogP contribution >= 0.6 is 11.3 Å². The molecule has 2 saturated heterocycles. The van der Waals surface area contributed by atoms with Crippen LogP contribution in [0.3, 0.4) is 0 Å². The molecule has 0 radical (unpaired) electrons. The predicted molar refractivity (Wildman–Crippen MR) is 120 cm³/mol. The second-order valence-corrected chi connectivity index (χ2v) is 9.76. The molecule has 0 spiro atoms. The number of hydrogen-bond donors (Lipinski definition) is 0. The van der Waals surface area contributed by atoms with Gasteiger partial charge in [-0.25, -0.2) is 4.98 Å². The third-order valence-electron chi connectivity index (χ3n) is 6.71. The predicted octanol–water partition coefficient (Wildman–Crippen LogP) is 1.86. The lowest BCUT2D eigenvalue weighted by molar-refractivity contribution is -0.137. The Labute approximate surface area is 184 Å². The van der Waals surface area contributed by atoms with Crippen LogP contribution in [0.1, 0.15) is 43.7 Å². The standard InChI is InChI=1S/C22H35N5O2S/c1-3-7-24-8-10-26(11-9-24)21(29)17-5-6-18-19(16-17)30-22(23-18)27-14-12-25(13-15-27)20(28)4-2/h17H,3-16H2,1-2H3/t17-/m0/s1. The minimum Gasteiger partial charge on any atom is -0.345 e. The first-order valence-electron chi connectivity index (χ1n) is 11.6. The number of piperazine rings is 2. The highest BCUT2D eigenvalue weighted by Gasteiger charge is 2.33. The van der Waals surface area contributed by atoms with Crippen molar-refractivity contribution in [3.63, 3.8) is 0 Å². The fourth-order valence-corrected chi connectivity index (χ4v) is 6.08. The van der Waals surface area contributed by atoms with Crippen molar-refractivity contribution in [2.24, 2.45) is 5.92 Å². The molecule has 0 N–H and O–H groups in total. The number of aryl methyl sites for hydroxylation is 1. The highest BCUT2D eigenvalue weighted by Crippen LogP contribution is 2.35. The Kier molecular flexibility index (Phi) is 6.93. The summed E-state index contributed by atoms with van der Waals surface area (Å²) in [7, 11) is 0. The zero-order valence-electron chi connectivity index (χ0n) is 18.4. The number of nitrogens with zero attached hydrogens (tertiary/aromatic N) is 5. The lowest BCUT2D eigenvalue weighted by Gasteiger charge is -2.36. The van der Waals surface area contributed by atoms with Crippen LogP contribution in [0, 0.1) is 5.92 Å². The second-order valence-electron chi connectivity index (χ2n) is 8.69. The molecule has 4 rings (SSSR count). The molecule has 3 aliphatic rings.